The molecule has 2 amide bonds. The number of rotatable bonds is 5. The zero-order chi connectivity index (χ0) is 18.7. The van der Waals surface area contributed by atoms with Crippen molar-refractivity contribution in [3.8, 4) is 5.75 Å². The molecule has 0 radical (unpaired) electrons. The average molecular weight is 383 g/mol. The van der Waals surface area contributed by atoms with Gasteiger partial charge in [-0.1, -0.05) is 6.07 Å². The maximum Gasteiger partial charge on any atom is 0.246 e. The predicted octanol–water partition coefficient (Wildman–Crippen LogP) is 2.20. The van der Waals surface area contributed by atoms with Crippen molar-refractivity contribution in [3.63, 3.8) is 0 Å². The Morgan fingerprint density at radius 1 is 1.44 bits per heavy atom. The molecule has 1 spiro atoms. The Bertz CT molecular complexity index is 837. The van der Waals surface area contributed by atoms with E-state index in [0.29, 0.717) is 38.4 Å². The molecule has 2 aliphatic rings. The molecule has 140 valence electrons. The molecule has 2 aliphatic heterocycles. The number of nitrogens with one attached hydrogen (secondary N) is 1. The number of carbonyl (C=O) groups is 2. The first-order valence-electron chi connectivity index (χ1n) is 8.99. The molecule has 0 unspecified atom stereocenters. The number of nitrogens with zero attached hydrogens (tertiary/aromatic N) is 2. The SMILES string of the molecule is O=C(/C=C/c1cccs1)N1CC[C@]2(C1)C(=O)NC[C@@H]2COc1cccnc1. The van der Waals surface area contributed by atoms with Crippen LogP contribution in [0.4, 0.5) is 0 Å². The maximum absolute atomic E-state index is 12.6. The van der Waals surface area contributed by atoms with E-state index in [1.54, 1.807) is 34.7 Å². The fourth-order valence-electron chi connectivity index (χ4n) is 3.81. The standard InChI is InChI=1S/C20H21N3O3S/c24-18(6-5-17-4-2-10-27-17)23-9-7-20(14-23)15(11-22-19(20)25)13-26-16-3-1-8-21-12-16/h1-6,8,10,12,15H,7,9,11,13-14H2,(H,22,25)/b6-5+/t15-,20-/m1/s1. The smallest absolute Gasteiger partial charge is 0.246 e. The molecule has 2 fully saturated rings. The minimum Gasteiger partial charge on any atom is -0.492 e. The lowest BCUT2D eigenvalue weighted by Gasteiger charge is -2.27. The Balaban J connectivity index is 1.41. The summed E-state index contributed by atoms with van der Waals surface area (Å²) in [5, 5.41) is 4.94. The van der Waals surface area contributed by atoms with E-state index in [0.717, 1.165) is 4.88 Å². The van der Waals surface area contributed by atoms with Gasteiger partial charge in [0.05, 0.1) is 18.2 Å². The molecule has 0 bridgehead atoms. The van der Waals surface area contributed by atoms with Crippen molar-refractivity contribution in [2.24, 2.45) is 11.3 Å². The highest BCUT2D eigenvalue weighted by Gasteiger charge is 2.54. The highest BCUT2D eigenvalue weighted by atomic mass is 32.1. The molecular weight excluding hydrogens is 362 g/mol. The summed E-state index contributed by atoms with van der Waals surface area (Å²) in [4.78, 5) is 32.0. The molecule has 2 saturated heterocycles. The third-order valence-corrected chi connectivity index (χ3v) is 6.21. The van der Waals surface area contributed by atoms with Crippen LogP contribution in [0.2, 0.25) is 0 Å². The van der Waals surface area contributed by atoms with Gasteiger partial charge in [-0.2, -0.15) is 0 Å². The summed E-state index contributed by atoms with van der Waals surface area (Å²) >= 11 is 1.59. The van der Waals surface area contributed by atoms with Crippen LogP contribution in [-0.2, 0) is 9.59 Å². The van der Waals surface area contributed by atoms with Crippen LogP contribution in [0.5, 0.6) is 5.75 Å². The normalized spacial score (nSPS) is 24.7. The fourth-order valence-corrected chi connectivity index (χ4v) is 4.42. The van der Waals surface area contributed by atoms with Crippen LogP contribution in [0, 0.1) is 11.3 Å². The van der Waals surface area contributed by atoms with Crippen molar-refractivity contribution >= 4 is 29.2 Å². The van der Waals surface area contributed by atoms with Crippen molar-refractivity contribution in [2.45, 2.75) is 6.42 Å². The van der Waals surface area contributed by atoms with Gasteiger partial charge in [0, 0.05) is 42.7 Å². The summed E-state index contributed by atoms with van der Waals surface area (Å²) < 4.78 is 5.85. The quantitative estimate of drug-likeness (QED) is 0.804. The number of hydrogen-bond donors (Lipinski definition) is 1. The van der Waals surface area contributed by atoms with Crippen LogP contribution in [0.3, 0.4) is 0 Å². The van der Waals surface area contributed by atoms with E-state index in [4.69, 9.17) is 4.74 Å². The van der Waals surface area contributed by atoms with Crippen LogP contribution in [-0.4, -0.2) is 47.9 Å². The molecule has 0 aliphatic carbocycles. The van der Waals surface area contributed by atoms with Crippen LogP contribution in [0.25, 0.3) is 6.08 Å². The molecule has 2 atom stereocenters. The van der Waals surface area contributed by atoms with E-state index in [-0.39, 0.29) is 17.7 Å². The lowest BCUT2D eigenvalue weighted by Crippen LogP contribution is -2.41. The van der Waals surface area contributed by atoms with Gasteiger partial charge >= 0.3 is 0 Å². The Hall–Kier alpha value is -2.67. The van der Waals surface area contributed by atoms with E-state index in [1.807, 2.05) is 35.7 Å². The number of thiophene rings is 1. The van der Waals surface area contributed by atoms with Crippen molar-refractivity contribution < 1.29 is 14.3 Å². The van der Waals surface area contributed by atoms with Gasteiger partial charge in [-0.05, 0) is 36.1 Å². The number of likely N-dealkylation sites (tertiary alicyclic amines) is 1. The minimum atomic E-state index is -0.561. The van der Waals surface area contributed by atoms with Crippen molar-refractivity contribution in [3.05, 3.63) is 53.0 Å². The second-order valence-electron chi connectivity index (χ2n) is 6.92. The molecule has 2 aromatic heterocycles. The highest BCUT2D eigenvalue weighted by Crippen LogP contribution is 2.42. The van der Waals surface area contributed by atoms with Crippen molar-refractivity contribution in [1.82, 2.24) is 15.2 Å². The first kappa shape index (κ1) is 17.7. The molecule has 0 aromatic carbocycles. The number of amides is 2. The summed E-state index contributed by atoms with van der Waals surface area (Å²) in [5.41, 5.74) is -0.561. The number of ether oxygens (including phenoxy) is 1. The fraction of sp³-hybridized carbons (Fsp3) is 0.350. The molecule has 1 N–H and O–H groups in total. The van der Waals surface area contributed by atoms with Crippen LogP contribution >= 0.6 is 11.3 Å². The second kappa shape index (κ2) is 7.52. The monoisotopic (exact) mass is 383 g/mol. The van der Waals surface area contributed by atoms with Crippen molar-refractivity contribution in [1.29, 1.82) is 0 Å². The lowest BCUT2D eigenvalue weighted by molar-refractivity contribution is -0.130. The van der Waals surface area contributed by atoms with E-state index in [1.165, 1.54) is 0 Å². The number of pyridine rings is 1. The molecule has 0 saturated carbocycles. The van der Waals surface area contributed by atoms with Crippen molar-refractivity contribution in [2.75, 3.05) is 26.2 Å². The Kier molecular flexibility index (Phi) is 4.94. The lowest BCUT2D eigenvalue weighted by atomic mass is 9.77. The van der Waals surface area contributed by atoms with Gasteiger partial charge in [0.15, 0.2) is 0 Å². The van der Waals surface area contributed by atoms with Crippen LogP contribution < -0.4 is 10.1 Å². The van der Waals surface area contributed by atoms with E-state index in [2.05, 4.69) is 10.3 Å². The van der Waals surface area contributed by atoms with Gasteiger partial charge in [-0.3, -0.25) is 14.6 Å². The topological polar surface area (TPSA) is 71.5 Å². The molecule has 2 aromatic rings. The number of carbonyl (C=O) groups excluding carboxylic acids is 2. The van der Waals surface area contributed by atoms with E-state index < -0.39 is 5.41 Å². The van der Waals surface area contributed by atoms with Gasteiger partial charge < -0.3 is 15.0 Å². The second-order valence-corrected chi connectivity index (χ2v) is 7.90. The van der Waals surface area contributed by atoms with Crippen LogP contribution in [0.15, 0.2) is 48.1 Å². The first-order chi connectivity index (χ1) is 13.2. The zero-order valence-corrected chi connectivity index (χ0v) is 15.7. The average Bonchev–Trinajstić information content (AvgIpc) is 3.43. The first-order valence-corrected chi connectivity index (χ1v) is 9.87. The van der Waals surface area contributed by atoms with Gasteiger partial charge in [0.2, 0.25) is 11.8 Å². The summed E-state index contributed by atoms with van der Waals surface area (Å²) in [6.07, 6.45) is 7.45. The predicted molar refractivity (Wildman–Crippen MR) is 103 cm³/mol. The van der Waals surface area contributed by atoms with Gasteiger partial charge in [-0.25, -0.2) is 0 Å². The van der Waals surface area contributed by atoms with Gasteiger partial charge in [0.25, 0.3) is 0 Å². The molecule has 7 heteroatoms. The largest absolute Gasteiger partial charge is 0.492 e. The van der Waals surface area contributed by atoms with E-state index >= 15 is 0 Å². The molecule has 4 rings (SSSR count). The maximum atomic E-state index is 12.6. The number of aromatic nitrogens is 1. The van der Waals surface area contributed by atoms with Gasteiger partial charge in [-0.15, -0.1) is 11.3 Å². The Morgan fingerprint density at radius 3 is 3.15 bits per heavy atom. The summed E-state index contributed by atoms with van der Waals surface area (Å²) in [5.74, 6) is 0.702. The Labute approximate surface area is 161 Å². The summed E-state index contributed by atoms with van der Waals surface area (Å²) in [7, 11) is 0. The molecule has 4 heterocycles. The minimum absolute atomic E-state index is 0.0276. The third kappa shape index (κ3) is 3.60. The van der Waals surface area contributed by atoms with Gasteiger partial charge in [0.1, 0.15) is 5.75 Å². The van der Waals surface area contributed by atoms with E-state index in [9.17, 15) is 9.59 Å². The third-order valence-electron chi connectivity index (χ3n) is 5.37. The summed E-state index contributed by atoms with van der Waals surface area (Å²) in [6.45, 7) is 2.03. The molecule has 27 heavy (non-hydrogen) atoms. The Morgan fingerprint density at radius 2 is 2.37 bits per heavy atom. The number of hydrogen-bond acceptors (Lipinski definition) is 5. The highest BCUT2D eigenvalue weighted by molar-refractivity contribution is 7.10. The summed E-state index contributed by atoms with van der Waals surface area (Å²) in [6, 6.07) is 7.59. The molecular formula is C20H21N3O3S. The molecule has 6 nitrogen and oxygen atoms in total. The zero-order valence-electron chi connectivity index (χ0n) is 14.8. The van der Waals surface area contributed by atoms with Crippen LogP contribution in [0.1, 0.15) is 11.3 Å².